The number of rotatable bonds is 8. The second-order valence-electron chi connectivity index (χ2n) is 8.55. The average molecular weight is 488 g/mol. The number of carbonyl (C=O) groups is 2. The van der Waals surface area contributed by atoms with Crippen LogP contribution < -0.4 is 0 Å². The molecular formula is C28H29N3O3S. The summed E-state index contributed by atoms with van der Waals surface area (Å²) in [6.45, 7) is 8.15. The highest BCUT2D eigenvalue weighted by Gasteiger charge is 2.41. The molecule has 0 aromatic heterocycles. The van der Waals surface area contributed by atoms with Crippen LogP contribution in [0, 0.1) is 6.92 Å². The summed E-state index contributed by atoms with van der Waals surface area (Å²) in [6.07, 6.45) is 1.75. The first-order chi connectivity index (χ1) is 16.9. The topological polar surface area (TPSA) is 62.2 Å². The lowest BCUT2D eigenvalue weighted by atomic mass is 9.91. The van der Waals surface area contributed by atoms with Crippen molar-refractivity contribution >= 4 is 28.8 Å². The van der Waals surface area contributed by atoms with E-state index in [0.717, 1.165) is 27.6 Å². The van der Waals surface area contributed by atoms with Crippen molar-refractivity contribution in [2.45, 2.75) is 32.9 Å². The summed E-state index contributed by atoms with van der Waals surface area (Å²) in [5.41, 5.74) is 5.00. The Bertz CT molecular complexity index is 1230. The van der Waals surface area contributed by atoms with Gasteiger partial charge in [0.1, 0.15) is 6.61 Å². The number of aryl methyl sites for hydroxylation is 1. The van der Waals surface area contributed by atoms with Crippen molar-refractivity contribution in [1.29, 1.82) is 0 Å². The smallest absolute Gasteiger partial charge is 0.338 e. The number of esters is 1. The van der Waals surface area contributed by atoms with E-state index in [2.05, 4.69) is 6.58 Å². The maximum absolute atomic E-state index is 13.2. The zero-order chi connectivity index (χ0) is 24.9. The van der Waals surface area contributed by atoms with E-state index in [1.807, 2.05) is 85.8 Å². The Morgan fingerprint density at radius 3 is 2.57 bits per heavy atom. The standard InChI is InChI=1S/C28H29N3O3S/c1-5-15-34-27(33)25-20(3)29-28-31(26(25)23-14-10-9-11-19(23)2)22(18-35-28)16-24(32)30(4)17-21-12-7-6-8-13-21/h5-14,18,26H,1,15-17H2,2-4H3/t26-/m0/s1. The van der Waals surface area contributed by atoms with Gasteiger partial charge in [-0.15, -0.1) is 0 Å². The molecule has 2 aliphatic heterocycles. The fourth-order valence-electron chi connectivity index (χ4n) is 4.27. The molecule has 0 saturated heterocycles. The Morgan fingerprint density at radius 2 is 1.86 bits per heavy atom. The molecule has 0 saturated carbocycles. The summed E-state index contributed by atoms with van der Waals surface area (Å²) in [6, 6.07) is 17.4. The lowest BCUT2D eigenvalue weighted by molar-refractivity contribution is -0.138. The summed E-state index contributed by atoms with van der Waals surface area (Å²) in [5.74, 6) is -0.435. The fraction of sp³-hybridized carbons (Fsp3) is 0.250. The van der Waals surface area contributed by atoms with Crippen LogP contribution in [0.1, 0.15) is 36.1 Å². The van der Waals surface area contributed by atoms with Gasteiger partial charge in [-0.25, -0.2) is 9.79 Å². The zero-order valence-electron chi connectivity index (χ0n) is 20.2. The number of thioether (sulfide) groups is 1. The molecule has 6 nitrogen and oxygen atoms in total. The zero-order valence-corrected chi connectivity index (χ0v) is 21.0. The molecule has 35 heavy (non-hydrogen) atoms. The Hall–Kier alpha value is -3.58. The van der Waals surface area contributed by atoms with Gasteiger partial charge in [0.05, 0.1) is 23.7 Å². The Kier molecular flexibility index (Phi) is 7.56. The van der Waals surface area contributed by atoms with E-state index in [0.29, 0.717) is 17.8 Å². The largest absolute Gasteiger partial charge is 0.458 e. The molecule has 0 unspecified atom stereocenters. The number of nitrogens with zero attached hydrogens (tertiary/aromatic N) is 3. The molecule has 2 aromatic rings. The molecule has 0 aliphatic carbocycles. The first-order valence-electron chi connectivity index (χ1n) is 11.5. The first-order valence-corrected chi connectivity index (χ1v) is 12.3. The number of hydrogen-bond acceptors (Lipinski definition) is 6. The van der Waals surface area contributed by atoms with Crippen LogP contribution >= 0.6 is 11.8 Å². The molecular weight excluding hydrogens is 458 g/mol. The minimum Gasteiger partial charge on any atom is -0.458 e. The van der Waals surface area contributed by atoms with Gasteiger partial charge in [0, 0.05) is 19.3 Å². The van der Waals surface area contributed by atoms with Crippen LogP contribution in [0.4, 0.5) is 0 Å². The van der Waals surface area contributed by atoms with E-state index in [-0.39, 0.29) is 18.9 Å². The van der Waals surface area contributed by atoms with Gasteiger partial charge in [-0.05, 0) is 35.9 Å². The number of benzene rings is 2. The highest BCUT2D eigenvalue weighted by Crippen LogP contribution is 2.45. The molecule has 7 heteroatoms. The lowest BCUT2D eigenvalue weighted by Gasteiger charge is -2.37. The van der Waals surface area contributed by atoms with Crippen molar-refractivity contribution in [2.24, 2.45) is 4.99 Å². The first kappa shape index (κ1) is 24.5. The molecule has 2 aromatic carbocycles. The van der Waals surface area contributed by atoms with E-state index in [9.17, 15) is 9.59 Å². The van der Waals surface area contributed by atoms with Crippen LogP contribution in [-0.2, 0) is 20.9 Å². The monoisotopic (exact) mass is 487 g/mol. The van der Waals surface area contributed by atoms with Crippen LogP contribution in [0.15, 0.2) is 94.6 Å². The van der Waals surface area contributed by atoms with Crippen molar-refractivity contribution in [2.75, 3.05) is 13.7 Å². The SMILES string of the molecule is C=CCOC(=O)C1=C(C)N=C2SC=C(CC(=O)N(C)Cc3ccccc3)N2[C@H]1c1ccccc1C. The second-order valence-corrected chi connectivity index (χ2v) is 9.39. The van der Waals surface area contributed by atoms with Crippen LogP contribution in [0.5, 0.6) is 0 Å². The number of fused-ring (bicyclic) bond motifs is 1. The summed E-state index contributed by atoms with van der Waals surface area (Å²) >= 11 is 1.47. The summed E-state index contributed by atoms with van der Waals surface area (Å²) in [4.78, 5) is 34.8. The molecule has 0 radical (unpaired) electrons. The summed E-state index contributed by atoms with van der Waals surface area (Å²) < 4.78 is 5.45. The highest BCUT2D eigenvalue weighted by molar-refractivity contribution is 8.16. The van der Waals surface area contributed by atoms with Gasteiger partial charge < -0.3 is 14.5 Å². The Balaban J connectivity index is 1.65. The van der Waals surface area contributed by atoms with Gasteiger partial charge in [0.2, 0.25) is 5.91 Å². The van der Waals surface area contributed by atoms with Gasteiger partial charge in [0.15, 0.2) is 5.17 Å². The van der Waals surface area contributed by atoms with E-state index >= 15 is 0 Å². The summed E-state index contributed by atoms with van der Waals surface area (Å²) in [7, 11) is 1.81. The number of amidine groups is 1. The van der Waals surface area contributed by atoms with E-state index in [1.165, 1.54) is 11.8 Å². The van der Waals surface area contributed by atoms with Crippen LogP contribution in [0.3, 0.4) is 0 Å². The Labute approximate surface area is 210 Å². The second kappa shape index (κ2) is 10.8. The predicted molar refractivity (Wildman–Crippen MR) is 140 cm³/mol. The molecule has 1 atom stereocenters. The number of amides is 1. The van der Waals surface area contributed by atoms with Crippen LogP contribution in [0.2, 0.25) is 0 Å². The maximum Gasteiger partial charge on any atom is 0.338 e. The van der Waals surface area contributed by atoms with E-state index < -0.39 is 12.0 Å². The van der Waals surface area contributed by atoms with Crippen molar-refractivity contribution in [3.05, 3.63) is 106 Å². The molecule has 2 heterocycles. The minimum absolute atomic E-state index is 0.00690. The maximum atomic E-state index is 13.2. The van der Waals surface area contributed by atoms with Crippen molar-refractivity contribution in [3.8, 4) is 0 Å². The van der Waals surface area contributed by atoms with E-state index in [4.69, 9.17) is 9.73 Å². The third kappa shape index (κ3) is 5.25. The molecule has 4 rings (SSSR count). The van der Waals surface area contributed by atoms with Crippen molar-refractivity contribution in [3.63, 3.8) is 0 Å². The van der Waals surface area contributed by atoms with Gasteiger partial charge >= 0.3 is 5.97 Å². The van der Waals surface area contributed by atoms with Crippen molar-refractivity contribution in [1.82, 2.24) is 9.80 Å². The number of allylic oxidation sites excluding steroid dienone is 1. The molecule has 0 bridgehead atoms. The molecule has 2 aliphatic rings. The molecule has 0 spiro atoms. The van der Waals surface area contributed by atoms with Gasteiger partial charge in [-0.2, -0.15) is 0 Å². The quantitative estimate of drug-likeness (QED) is 0.371. The third-order valence-corrected chi connectivity index (χ3v) is 6.95. The normalized spacial score (nSPS) is 16.9. The Morgan fingerprint density at radius 1 is 1.14 bits per heavy atom. The molecule has 1 amide bonds. The number of hydrogen-bond donors (Lipinski definition) is 0. The van der Waals surface area contributed by atoms with E-state index in [1.54, 1.807) is 11.0 Å². The van der Waals surface area contributed by atoms with Gasteiger partial charge in [-0.3, -0.25) is 4.79 Å². The average Bonchev–Trinajstić information content (AvgIpc) is 3.24. The summed E-state index contributed by atoms with van der Waals surface area (Å²) in [5, 5.41) is 2.72. The van der Waals surface area contributed by atoms with Crippen LogP contribution in [0.25, 0.3) is 0 Å². The minimum atomic E-state index is -0.436. The predicted octanol–water partition coefficient (Wildman–Crippen LogP) is 5.35. The molecule has 0 fully saturated rings. The number of aliphatic imine (C=N–C) groups is 1. The lowest BCUT2D eigenvalue weighted by Crippen LogP contribution is -2.38. The fourth-order valence-corrected chi connectivity index (χ4v) is 5.23. The number of ether oxygens (including phenoxy) is 1. The van der Waals surface area contributed by atoms with Gasteiger partial charge in [0.25, 0.3) is 0 Å². The van der Waals surface area contributed by atoms with Crippen LogP contribution in [-0.4, -0.2) is 40.5 Å². The molecule has 180 valence electrons. The number of carbonyl (C=O) groups excluding carboxylic acids is 2. The molecule has 0 N–H and O–H groups in total. The van der Waals surface area contributed by atoms with Gasteiger partial charge in [-0.1, -0.05) is 79.0 Å². The van der Waals surface area contributed by atoms with Crippen molar-refractivity contribution < 1.29 is 14.3 Å². The highest BCUT2D eigenvalue weighted by atomic mass is 32.2. The third-order valence-electron chi connectivity index (χ3n) is 6.06.